The third kappa shape index (κ3) is 2.72. The Morgan fingerprint density at radius 2 is 2.21 bits per heavy atom. The van der Waals surface area contributed by atoms with Crippen LogP contribution in [-0.2, 0) is 4.74 Å². The maximum atomic E-state index is 13.1. The summed E-state index contributed by atoms with van der Waals surface area (Å²) in [7, 11) is 0. The minimum absolute atomic E-state index is 0.00847. The molecule has 1 fully saturated rings. The quantitative estimate of drug-likeness (QED) is 0.711. The first-order valence-corrected chi connectivity index (χ1v) is 8.89. The van der Waals surface area contributed by atoms with Crippen molar-refractivity contribution in [2.24, 2.45) is 0 Å². The standard InChI is InChI=1S/C18H18N2O3S/c1-11-8-20(9-16(22-11)13-6-7-24-10-13)18(21)14-4-3-5-15-17(14)19-12(2)23-15/h3-7,10-11,16H,8-9H2,1-2H3/t11-,16+/m1/s1. The lowest BCUT2D eigenvalue weighted by molar-refractivity contribution is -0.0689. The Hall–Kier alpha value is -2.18. The molecule has 5 nitrogen and oxygen atoms in total. The van der Waals surface area contributed by atoms with Crippen LogP contribution in [0.15, 0.2) is 39.4 Å². The van der Waals surface area contributed by atoms with Gasteiger partial charge in [0.25, 0.3) is 5.91 Å². The van der Waals surface area contributed by atoms with Crippen LogP contribution < -0.4 is 0 Å². The Morgan fingerprint density at radius 1 is 1.33 bits per heavy atom. The van der Waals surface area contributed by atoms with Crippen LogP contribution in [0.2, 0.25) is 0 Å². The molecule has 24 heavy (non-hydrogen) atoms. The zero-order valence-electron chi connectivity index (χ0n) is 13.6. The minimum atomic E-state index is -0.0813. The Labute approximate surface area is 143 Å². The number of hydrogen-bond donors (Lipinski definition) is 0. The topological polar surface area (TPSA) is 55.6 Å². The number of morpholine rings is 1. The third-order valence-electron chi connectivity index (χ3n) is 4.22. The number of rotatable bonds is 2. The van der Waals surface area contributed by atoms with E-state index in [-0.39, 0.29) is 18.1 Å². The number of hydrogen-bond acceptors (Lipinski definition) is 5. The number of benzene rings is 1. The van der Waals surface area contributed by atoms with Gasteiger partial charge < -0.3 is 14.1 Å². The highest BCUT2D eigenvalue weighted by atomic mass is 32.1. The molecule has 0 unspecified atom stereocenters. The molecule has 3 heterocycles. The SMILES string of the molecule is Cc1nc2c(C(=O)N3C[C@@H](C)O[C@H](c4ccsc4)C3)cccc2o1. The Kier molecular flexibility index (Phi) is 3.86. The summed E-state index contributed by atoms with van der Waals surface area (Å²) in [5.41, 5.74) is 2.99. The minimum Gasteiger partial charge on any atom is -0.441 e. The summed E-state index contributed by atoms with van der Waals surface area (Å²) < 4.78 is 11.6. The molecular weight excluding hydrogens is 324 g/mol. The average molecular weight is 342 g/mol. The van der Waals surface area contributed by atoms with Crippen molar-refractivity contribution >= 4 is 28.3 Å². The number of para-hydroxylation sites is 1. The van der Waals surface area contributed by atoms with Crippen molar-refractivity contribution in [3.8, 4) is 0 Å². The zero-order valence-corrected chi connectivity index (χ0v) is 14.4. The fourth-order valence-electron chi connectivity index (χ4n) is 3.16. The van der Waals surface area contributed by atoms with Gasteiger partial charge in [0.1, 0.15) is 11.6 Å². The van der Waals surface area contributed by atoms with Gasteiger partial charge in [0.05, 0.1) is 18.2 Å². The second kappa shape index (κ2) is 6.03. The van der Waals surface area contributed by atoms with Crippen molar-refractivity contribution in [1.29, 1.82) is 0 Å². The molecule has 0 N–H and O–H groups in total. The maximum Gasteiger partial charge on any atom is 0.256 e. The van der Waals surface area contributed by atoms with Crippen LogP contribution in [0.4, 0.5) is 0 Å². The number of carbonyl (C=O) groups excluding carboxylic acids is 1. The van der Waals surface area contributed by atoms with E-state index in [0.717, 1.165) is 5.56 Å². The lowest BCUT2D eigenvalue weighted by atomic mass is 10.1. The number of amides is 1. The van der Waals surface area contributed by atoms with Crippen LogP contribution in [0.1, 0.15) is 34.8 Å². The molecular formula is C18H18N2O3S. The molecule has 1 saturated heterocycles. The first-order chi connectivity index (χ1) is 11.6. The number of ether oxygens (including phenoxy) is 1. The van der Waals surface area contributed by atoms with Crippen LogP contribution >= 0.6 is 11.3 Å². The largest absolute Gasteiger partial charge is 0.441 e. The van der Waals surface area contributed by atoms with Crippen molar-refractivity contribution in [2.75, 3.05) is 13.1 Å². The van der Waals surface area contributed by atoms with E-state index in [1.54, 1.807) is 18.3 Å². The second-order valence-corrected chi connectivity index (χ2v) is 6.87. The van der Waals surface area contributed by atoms with Crippen LogP contribution in [0.25, 0.3) is 11.1 Å². The fourth-order valence-corrected chi connectivity index (χ4v) is 3.86. The molecule has 124 valence electrons. The highest BCUT2D eigenvalue weighted by Gasteiger charge is 2.31. The molecule has 0 bridgehead atoms. The lowest BCUT2D eigenvalue weighted by Gasteiger charge is -2.36. The van der Waals surface area contributed by atoms with E-state index < -0.39 is 0 Å². The summed E-state index contributed by atoms with van der Waals surface area (Å²) in [6.45, 7) is 4.91. The smallest absolute Gasteiger partial charge is 0.256 e. The van der Waals surface area contributed by atoms with Gasteiger partial charge in [-0.25, -0.2) is 4.98 Å². The molecule has 1 aliphatic rings. The molecule has 3 aromatic rings. The second-order valence-electron chi connectivity index (χ2n) is 6.09. The lowest BCUT2D eigenvalue weighted by Crippen LogP contribution is -2.45. The fraction of sp³-hybridized carbons (Fsp3) is 0.333. The molecule has 2 aromatic heterocycles. The van der Waals surface area contributed by atoms with Crippen molar-refractivity contribution in [2.45, 2.75) is 26.1 Å². The number of nitrogens with zero attached hydrogens (tertiary/aromatic N) is 2. The highest BCUT2D eigenvalue weighted by molar-refractivity contribution is 7.07. The van der Waals surface area contributed by atoms with Crippen molar-refractivity contribution < 1.29 is 13.9 Å². The van der Waals surface area contributed by atoms with E-state index in [4.69, 9.17) is 9.15 Å². The predicted molar refractivity (Wildman–Crippen MR) is 92.3 cm³/mol. The molecule has 6 heteroatoms. The summed E-state index contributed by atoms with van der Waals surface area (Å²) in [5.74, 6) is 0.543. The third-order valence-corrected chi connectivity index (χ3v) is 4.92. The van der Waals surface area contributed by atoms with Gasteiger partial charge in [0.2, 0.25) is 0 Å². The van der Waals surface area contributed by atoms with E-state index in [2.05, 4.69) is 16.4 Å². The van der Waals surface area contributed by atoms with Gasteiger partial charge in [-0.2, -0.15) is 11.3 Å². The normalized spacial score (nSPS) is 21.3. The summed E-state index contributed by atoms with van der Waals surface area (Å²) in [5, 5.41) is 4.11. The van der Waals surface area contributed by atoms with Crippen LogP contribution in [-0.4, -0.2) is 35.0 Å². The Morgan fingerprint density at radius 3 is 3.00 bits per heavy atom. The first-order valence-electron chi connectivity index (χ1n) is 7.95. The number of thiophene rings is 1. The van der Waals surface area contributed by atoms with Gasteiger partial charge in [0.15, 0.2) is 11.5 Å². The molecule has 4 rings (SSSR count). The predicted octanol–water partition coefficient (Wildman–Crippen LogP) is 3.80. The van der Waals surface area contributed by atoms with E-state index in [9.17, 15) is 4.79 Å². The van der Waals surface area contributed by atoms with E-state index >= 15 is 0 Å². The Bertz CT molecular complexity index is 872. The summed E-state index contributed by atoms with van der Waals surface area (Å²) in [4.78, 5) is 19.3. The summed E-state index contributed by atoms with van der Waals surface area (Å²) >= 11 is 1.64. The van der Waals surface area contributed by atoms with Gasteiger partial charge in [0, 0.05) is 13.5 Å². The highest BCUT2D eigenvalue weighted by Crippen LogP contribution is 2.29. The molecule has 0 saturated carbocycles. The van der Waals surface area contributed by atoms with Crippen molar-refractivity contribution in [3.63, 3.8) is 0 Å². The number of fused-ring (bicyclic) bond motifs is 1. The number of aryl methyl sites for hydroxylation is 1. The van der Waals surface area contributed by atoms with Gasteiger partial charge >= 0.3 is 0 Å². The molecule has 0 aliphatic carbocycles. The first kappa shape index (κ1) is 15.4. The molecule has 0 spiro atoms. The monoisotopic (exact) mass is 342 g/mol. The number of aromatic nitrogens is 1. The number of carbonyl (C=O) groups is 1. The van der Waals surface area contributed by atoms with Crippen molar-refractivity contribution in [1.82, 2.24) is 9.88 Å². The molecule has 1 amide bonds. The summed E-state index contributed by atoms with van der Waals surface area (Å²) in [6, 6.07) is 7.53. The van der Waals surface area contributed by atoms with Crippen molar-refractivity contribution in [3.05, 3.63) is 52.0 Å². The van der Waals surface area contributed by atoms with E-state index in [0.29, 0.717) is 35.6 Å². The number of oxazole rings is 1. The molecule has 2 atom stereocenters. The zero-order chi connectivity index (χ0) is 16.7. The maximum absolute atomic E-state index is 13.1. The van der Waals surface area contributed by atoms with Gasteiger partial charge in [-0.15, -0.1) is 0 Å². The van der Waals surface area contributed by atoms with E-state index in [1.807, 2.05) is 35.4 Å². The molecule has 1 aromatic carbocycles. The Balaban J connectivity index is 1.65. The van der Waals surface area contributed by atoms with Crippen LogP contribution in [0, 0.1) is 6.92 Å². The average Bonchev–Trinajstić information content (AvgIpc) is 3.21. The van der Waals surface area contributed by atoms with E-state index in [1.165, 1.54) is 0 Å². The molecule has 0 radical (unpaired) electrons. The van der Waals surface area contributed by atoms with Gasteiger partial charge in [-0.3, -0.25) is 4.79 Å². The van der Waals surface area contributed by atoms with Gasteiger partial charge in [-0.1, -0.05) is 6.07 Å². The van der Waals surface area contributed by atoms with Gasteiger partial charge in [-0.05, 0) is 41.4 Å². The van der Waals surface area contributed by atoms with Crippen LogP contribution in [0.3, 0.4) is 0 Å². The summed E-state index contributed by atoms with van der Waals surface area (Å²) in [6.07, 6.45) is -0.0898. The molecule has 1 aliphatic heterocycles. The van der Waals surface area contributed by atoms with Crippen LogP contribution in [0.5, 0.6) is 0 Å².